The van der Waals surface area contributed by atoms with Gasteiger partial charge in [-0.1, -0.05) is 13.3 Å². The Bertz CT molecular complexity index is 1260. The summed E-state index contributed by atoms with van der Waals surface area (Å²) in [5.41, 5.74) is 3.58. The largest absolute Gasteiger partial charge is 0.493 e. The van der Waals surface area contributed by atoms with Crippen LogP contribution in [-0.2, 0) is 6.42 Å². The lowest BCUT2D eigenvalue weighted by Crippen LogP contribution is -2.06. The van der Waals surface area contributed by atoms with Crippen molar-refractivity contribution in [3.05, 3.63) is 59.1 Å². The molecule has 0 bridgehead atoms. The molecule has 0 fully saturated rings. The second-order valence-electron chi connectivity index (χ2n) is 8.97. The van der Waals surface area contributed by atoms with Gasteiger partial charge in [-0.2, -0.15) is 0 Å². The lowest BCUT2D eigenvalue weighted by molar-refractivity contribution is 0.246. The van der Waals surface area contributed by atoms with Crippen molar-refractivity contribution in [3.63, 3.8) is 0 Å². The van der Waals surface area contributed by atoms with Crippen molar-refractivity contribution in [2.75, 3.05) is 19.8 Å². The molecule has 0 unspecified atom stereocenters. The van der Waals surface area contributed by atoms with Crippen LogP contribution >= 0.6 is 11.3 Å². The van der Waals surface area contributed by atoms with Crippen LogP contribution in [0.25, 0.3) is 21.5 Å². The van der Waals surface area contributed by atoms with Crippen molar-refractivity contribution in [3.8, 4) is 28.0 Å². The lowest BCUT2D eigenvalue weighted by Gasteiger charge is -2.13. The molecule has 6 heteroatoms. The van der Waals surface area contributed by atoms with Crippen molar-refractivity contribution in [1.82, 2.24) is 9.55 Å². The van der Waals surface area contributed by atoms with Gasteiger partial charge in [-0.3, -0.25) is 0 Å². The van der Waals surface area contributed by atoms with E-state index in [9.17, 15) is 0 Å². The van der Waals surface area contributed by atoms with Gasteiger partial charge in [0, 0.05) is 35.1 Å². The number of hydrogen-bond donors (Lipinski definition) is 0. The highest BCUT2D eigenvalue weighted by Gasteiger charge is 2.13. The Balaban J connectivity index is 1.33. The fourth-order valence-corrected chi connectivity index (χ4v) is 5.06. The van der Waals surface area contributed by atoms with Gasteiger partial charge in [0.1, 0.15) is 16.5 Å². The molecule has 4 rings (SSSR count). The number of hydrogen-bond acceptors (Lipinski definition) is 5. The predicted octanol–water partition coefficient (Wildman–Crippen LogP) is 7.85. The van der Waals surface area contributed by atoms with Crippen LogP contribution in [0.4, 0.5) is 0 Å². The summed E-state index contributed by atoms with van der Waals surface area (Å²) < 4.78 is 20.1. The first-order valence-corrected chi connectivity index (χ1v) is 13.4. The number of rotatable bonds is 12. The summed E-state index contributed by atoms with van der Waals surface area (Å²) in [7, 11) is 0. The minimum Gasteiger partial charge on any atom is -0.493 e. The van der Waals surface area contributed by atoms with E-state index in [1.807, 2.05) is 6.92 Å². The second kappa shape index (κ2) is 11.6. The number of ether oxygens (including phenoxy) is 3. The smallest absolute Gasteiger partial charge is 0.227 e. The lowest BCUT2D eigenvalue weighted by atomic mass is 10.1. The molecule has 0 saturated heterocycles. The molecular formula is C29H36N2O3S. The van der Waals surface area contributed by atoms with E-state index >= 15 is 0 Å². The van der Waals surface area contributed by atoms with Crippen LogP contribution in [0, 0.1) is 6.92 Å². The molecule has 0 aliphatic rings. The average Bonchev–Trinajstić information content (AvgIpc) is 3.43. The fourth-order valence-electron chi connectivity index (χ4n) is 4.21. The molecule has 0 N–H and O–H groups in total. The molecule has 0 radical (unpaired) electrons. The van der Waals surface area contributed by atoms with E-state index in [0.29, 0.717) is 25.9 Å². The zero-order valence-electron chi connectivity index (χ0n) is 21.5. The molecule has 0 saturated carbocycles. The van der Waals surface area contributed by atoms with E-state index < -0.39 is 0 Å². The molecule has 2 aromatic carbocycles. The van der Waals surface area contributed by atoms with Gasteiger partial charge in [0.2, 0.25) is 5.88 Å². The highest BCUT2D eigenvalue weighted by molar-refractivity contribution is 7.15. The zero-order valence-corrected chi connectivity index (χ0v) is 22.3. The Morgan fingerprint density at radius 2 is 1.80 bits per heavy atom. The summed E-state index contributed by atoms with van der Waals surface area (Å²) >= 11 is 1.67. The molecule has 0 aliphatic carbocycles. The first-order chi connectivity index (χ1) is 17.0. The van der Waals surface area contributed by atoms with Crippen molar-refractivity contribution in [2.24, 2.45) is 0 Å². The topological polar surface area (TPSA) is 45.5 Å². The van der Waals surface area contributed by atoms with Crippen LogP contribution in [0.15, 0.2) is 48.7 Å². The van der Waals surface area contributed by atoms with Gasteiger partial charge in [0.25, 0.3) is 0 Å². The Morgan fingerprint density at radius 1 is 0.971 bits per heavy atom. The first kappa shape index (κ1) is 25.1. The van der Waals surface area contributed by atoms with Gasteiger partial charge in [-0.15, -0.1) is 11.3 Å². The summed E-state index contributed by atoms with van der Waals surface area (Å²) in [6.45, 7) is 12.5. The normalized spacial score (nSPS) is 11.4. The standard InChI is InChI=1S/C29H36N2O3S/c1-6-9-23-18-24(29-30-28(32-7-2)21(5)35-29)10-13-27(23)34-17-8-16-33-25-11-12-26-22(19-25)14-15-31(26)20(3)4/h10-15,18-20H,6-9,16-17H2,1-5H3. The van der Waals surface area contributed by atoms with E-state index in [2.05, 4.69) is 85.9 Å². The number of nitrogens with zero attached hydrogens (tertiary/aromatic N) is 2. The highest BCUT2D eigenvalue weighted by Crippen LogP contribution is 2.34. The van der Waals surface area contributed by atoms with Crippen LogP contribution in [0.2, 0.25) is 0 Å². The first-order valence-electron chi connectivity index (χ1n) is 12.6. The Morgan fingerprint density at radius 3 is 2.57 bits per heavy atom. The van der Waals surface area contributed by atoms with Crippen molar-refractivity contribution >= 4 is 22.2 Å². The number of benzene rings is 2. The third-order valence-electron chi connectivity index (χ3n) is 5.93. The van der Waals surface area contributed by atoms with Gasteiger partial charge in [0.15, 0.2) is 0 Å². The fraction of sp³-hybridized carbons (Fsp3) is 0.414. The van der Waals surface area contributed by atoms with Gasteiger partial charge in [-0.25, -0.2) is 4.98 Å². The Kier molecular flexibility index (Phi) is 8.34. The molecule has 0 amide bonds. The summed E-state index contributed by atoms with van der Waals surface area (Å²) in [5.74, 6) is 2.59. The Labute approximate surface area is 212 Å². The molecule has 5 nitrogen and oxygen atoms in total. The molecule has 0 aliphatic heterocycles. The molecule has 2 aromatic heterocycles. The zero-order chi connectivity index (χ0) is 24.8. The number of aryl methyl sites for hydroxylation is 2. The van der Waals surface area contributed by atoms with Crippen LogP contribution in [-0.4, -0.2) is 29.4 Å². The van der Waals surface area contributed by atoms with Crippen LogP contribution in [0.5, 0.6) is 17.4 Å². The van der Waals surface area contributed by atoms with E-state index in [-0.39, 0.29) is 0 Å². The van der Waals surface area contributed by atoms with E-state index in [4.69, 9.17) is 14.2 Å². The van der Waals surface area contributed by atoms with Crippen LogP contribution in [0.1, 0.15) is 57.0 Å². The second-order valence-corrected chi connectivity index (χ2v) is 10.2. The summed E-state index contributed by atoms with van der Waals surface area (Å²) in [6, 6.07) is 15.3. The van der Waals surface area contributed by atoms with Crippen molar-refractivity contribution < 1.29 is 14.2 Å². The number of thiazole rings is 1. The molecule has 186 valence electrons. The van der Waals surface area contributed by atoms with Crippen LogP contribution < -0.4 is 14.2 Å². The summed E-state index contributed by atoms with van der Waals surface area (Å²) in [4.78, 5) is 5.79. The monoisotopic (exact) mass is 492 g/mol. The minimum atomic E-state index is 0.446. The molecule has 0 spiro atoms. The van der Waals surface area contributed by atoms with Gasteiger partial charge < -0.3 is 18.8 Å². The molecule has 4 aromatic rings. The number of aromatic nitrogens is 2. The quantitative estimate of drug-likeness (QED) is 0.189. The molecular weight excluding hydrogens is 456 g/mol. The van der Waals surface area contributed by atoms with Gasteiger partial charge >= 0.3 is 0 Å². The SMILES string of the molecule is CCCc1cc(-c2nc(OCC)c(C)s2)ccc1OCCCOc1ccc2c(ccn2C(C)C)c1. The van der Waals surface area contributed by atoms with Crippen molar-refractivity contribution in [2.45, 2.75) is 59.9 Å². The van der Waals surface area contributed by atoms with E-state index in [0.717, 1.165) is 52.1 Å². The third kappa shape index (κ3) is 5.99. The molecule has 35 heavy (non-hydrogen) atoms. The maximum Gasteiger partial charge on any atom is 0.227 e. The predicted molar refractivity (Wildman–Crippen MR) is 145 cm³/mol. The maximum absolute atomic E-state index is 6.16. The van der Waals surface area contributed by atoms with E-state index in [1.165, 1.54) is 16.5 Å². The van der Waals surface area contributed by atoms with Crippen molar-refractivity contribution in [1.29, 1.82) is 0 Å². The van der Waals surface area contributed by atoms with Gasteiger partial charge in [0.05, 0.1) is 24.7 Å². The summed E-state index contributed by atoms with van der Waals surface area (Å²) in [6.07, 6.45) is 4.99. The maximum atomic E-state index is 6.16. The minimum absolute atomic E-state index is 0.446. The highest BCUT2D eigenvalue weighted by atomic mass is 32.1. The van der Waals surface area contributed by atoms with E-state index in [1.54, 1.807) is 11.3 Å². The average molecular weight is 493 g/mol. The Hall–Kier alpha value is -2.99. The third-order valence-corrected chi connectivity index (χ3v) is 6.93. The van der Waals surface area contributed by atoms with Gasteiger partial charge in [-0.05, 0) is 82.1 Å². The molecule has 0 atom stereocenters. The molecule has 2 heterocycles. The number of fused-ring (bicyclic) bond motifs is 1. The van der Waals surface area contributed by atoms with Crippen LogP contribution in [0.3, 0.4) is 0 Å². The summed E-state index contributed by atoms with van der Waals surface area (Å²) in [5, 5.41) is 2.20.